The average molecular weight is 293 g/mol. The van der Waals surface area contributed by atoms with Crippen LogP contribution in [0.1, 0.15) is 22.3 Å². The summed E-state index contributed by atoms with van der Waals surface area (Å²) in [5, 5.41) is 3.31. The molecule has 0 unspecified atom stereocenters. The first-order chi connectivity index (χ1) is 10.8. The highest BCUT2D eigenvalue weighted by Crippen LogP contribution is 2.22. The Morgan fingerprint density at radius 2 is 1.82 bits per heavy atom. The molecule has 2 aromatic carbocycles. The molecule has 3 rings (SSSR count). The van der Waals surface area contributed by atoms with Crippen LogP contribution in [0.15, 0.2) is 60.7 Å². The van der Waals surface area contributed by atoms with Crippen LogP contribution in [0.5, 0.6) is 5.75 Å². The van der Waals surface area contributed by atoms with Crippen molar-refractivity contribution in [3.8, 4) is 5.75 Å². The van der Waals surface area contributed by atoms with Gasteiger partial charge in [-0.2, -0.15) is 0 Å². The van der Waals surface area contributed by atoms with Crippen LogP contribution in [0, 0.1) is 0 Å². The van der Waals surface area contributed by atoms with Crippen LogP contribution < -0.4 is 10.1 Å². The van der Waals surface area contributed by atoms with E-state index in [0.717, 1.165) is 25.3 Å². The molecule has 3 nitrogen and oxygen atoms in total. The third-order valence-corrected chi connectivity index (χ3v) is 3.75. The van der Waals surface area contributed by atoms with Gasteiger partial charge in [0.1, 0.15) is 5.75 Å². The fraction of sp³-hybridized carbons (Fsp3) is 0.211. The molecule has 0 amide bonds. The van der Waals surface area contributed by atoms with E-state index in [-0.39, 0.29) is 12.4 Å². The van der Waals surface area contributed by atoms with Crippen LogP contribution in [0.4, 0.5) is 0 Å². The van der Waals surface area contributed by atoms with Gasteiger partial charge in [0, 0.05) is 12.1 Å². The summed E-state index contributed by atoms with van der Waals surface area (Å²) in [6.45, 7) is 2.02. The van der Waals surface area contributed by atoms with Crippen LogP contribution in [0.2, 0.25) is 0 Å². The molecule has 0 atom stereocenters. The van der Waals surface area contributed by atoms with Crippen LogP contribution >= 0.6 is 0 Å². The predicted octanol–water partition coefficient (Wildman–Crippen LogP) is 3.33. The van der Waals surface area contributed by atoms with Crippen molar-refractivity contribution in [1.29, 1.82) is 0 Å². The molecule has 3 heteroatoms. The summed E-state index contributed by atoms with van der Waals surface area (Å²) < 4.78 is 5.58. The number of ether oxygens (including phenoxy) is 1. The predicted molar refractivity (Wildman–Crippen MR) is 88.2 cm³/mol. The Bertz CT molecular complexity index is 660. The molecule has 2 aromatic rings. The topological polar surface area (TPSA) is 38.3 Å². The maximum Gasteiger partial charge on any atom is 0.200 e. The summed E-state index contributed by atoms with van der Waals surface area (Å²) >= 11 is 0. The Morgan fingerprint density at radius 3 is 2.50 bits per heavy atom. The van der Waals surface area contributed by atoms with E-state index in [9.17, 15) is 4.79 Å². The van der Waals surface area contributed by atoms with Gasteiger partial charge in [-0.05, 0) is 36.2 Å². The third kappa shape index (κ3) is 3.62. The van der Waals surface area contributed by atoms with Gasteiger partial charge in [0.2, 0.25) is 0 Å². The van der Waals surface area contributed by atoms with Gasteiger partial charge in [0.15, 0.2) is 12.4 Å². The Morgan fingerprint density at radius 1 is 1.05 bits per heavy atom. The SMILES string of the molecule is O=C(COc1ccc(C2=CCNCC2)cc1)c1ccccc1. The highest BCUT2D eigenvalue weighted by Gasteiger charge is 2.08. The molecule has 0 saturated carbocycles. The van der Waals surface area contributed by atoms with Gasteiger partial charge in [-0.25, -0.2) is 0 Å². The first kappa shape index (κ1) is 14.5. The second kappa shape index (κ2) is 7.05. The maximum absolute atomic E-state index is 12.0. The van der Waals surface area contributed by atoms with Gasteiger partial charge < -0.3 is 10.1 Å². The van der Waals surface area contributed by atoms with Crippen molar-refractivity contribution in [2.24, 2.45) is 0 Å². The number of hydrogen-bond donors (Lipinski definition) is 1. The summed E-state index contributed by atoms with van der Waals surface area (Å²) in [4.78, 5) is 12.0. The van der Waals surface area contributed by atoms with Gasteiger partial charge in [-0.3, -0.25) is 4.79 Å². The number of nitrogens with one attached hydrogen (secondary N) is 1. The quantitative estimate of drug-likeness (QED) is 0.859. The number of Topliss-reactive ketones (excluding diaryl/α,β-unsaturated/α-hetero) is 1. The summed E-state index contributed by atoms with van der Waals surface area (Å²) in [5.74, 6) is 0.716. The molecule has 0 spiro atoms. The lowest BCUT2D eigenvalue weighted by Gasteiger charge is -2.14. The average Bonchev–Trinajstić information content (AvgIpc) is 2.61. The zero-order valence-corrected chi connectivity index (χ0v) is 12.4. The van der Waals surface area contributed by atoms with Crippen molar-refractivity contribution in [2.75, 3.05) is 19.7 Å². The first-order valence-electron chi connectivity index (χ1n) is 7.54. The van der Waals surface area contributed by atoms with Crippen molar-refractivity contribution >= 4 is 11.4 Å². The number of ketones is 1. The zero-order valence-electron chi connectivity index (χ0n) is 12.4. The summed E-state index contributed by atoms with van der Waals surface area (Å²) in [6, 6.07) is 17.2. The molecule has 1 heterocycles. The van der Waals surface area contributed by atoms with Crippen molar-refractivity contribution < 1.29 is 9.53 Å². The van der Waals surface area contributed by atoms with Gasteiger partial charge in [0.25, 0.3) is 0 Å². The second-order valence-corrected chi connectivity index (χ2v) is 5.29. The Kier molecular flexibility index (Phi) is 4.66. The van der Waals surface area contributed by atoms with Crippen molar-refractivity contribution in [2.45, 2.75) is 6.42 Å². The summed E-state index contributed by atoms with van der Waals surface area (Å²) in [7, 11) is 0. The molecule has 0 radical (unpaired) electrons. The lowest BCUT2D eigenvalue weighted by molar-refractivity contribution is 0.0921. The smallest absolute Gasteiger partial charge is 0.200 e. The maximum atomic E-state index is 12.0. The molecule has 0 aromatic heterocycles. The lowest BCUT2D eigenvalue weighted by Crippen LogP contribution is -2.19. The largest absolute Gasteiger partial charge is 0.485 e. The van der Waals surface area contributed by atoms with Crippen molar-refractivity contribution in [3.05, 3.63) is 71.8 Å². The molecule has 1 aliphatic heterocycles. The van der Waals surface area contributed by atoms with E-state index in [1.165, 1.54) is 11.1 Å². The van der Waals surface area contributed by atoms with Crippen LogP contribution in [-0.2, 0) is 0 Å². The molecule has 1 N–H and O–H groups in total. The molecule has 112 valence electrons. The van der Waals surface area contributed by atoms with Crippen LogP contribution in [0.25, 0.3) is 5.57 Å². The number of carbonyl (C=O) groups excluding carboxylic acids is 1. The van der Waals surface area contributed by atoms with E-state index in [1.807, 2.05) is 30.3 Å². The Hall–Kier alpha value is -2.39. The van der Waals surface area contributed by atoms with Crippen molar-refractivity contribution in [3.63, 3.8) is 0 Å². The minimum Gasteiger partial charge on any atom is -0.485 e. The van der Waals surface area contributed by atoms with Crippen LogP contribution in [-0.4, -0.2) is 25.5 Å². The molecular weight excluding hydrogens is 274 g/mol. The van der Waals surface area contributed by atoms with E-state index >= 15 is 0 Å². The first-order valence-corrected chi connectivity index (χ1v) is 7.54. The normalized spacial score (nSPS) is 14.3. The fourth-order valence-electron chi connectivity index (χ4n) is 2.51. The minimum atomic E-state index is -0.00857. The number of hydrogen-bond acceptors (Lipinski definition) is 3. The lowest BCUT2D eigenvalue weighted by atomic mass is 10.0. The molecular formula is C19H19NO2. The number of benzene rings is 2. The van der Waals surface area contributed by atoms with E-state index in [0.29, 0.717) is 5.56 Å². The van der Waals surface area contributed by atoms with Gasteiger partial charge in [-0.15, -0.1) is 0 Å². The third-order valence-electron chi connectivity index (χ3n) is 3.75. The molecule has 0 fully saturated rings. The van der Waals surface area contributed by atoms with Gasteiger partial charge in [0.05, 0.1) is 0 Å². The van der Waals surface area contributed by atoms with E-state index in [4.69, 9.17) is 4.74 Å². The zero-order chi connectivity index (χ0) is 15.2. The van der Waals surface area contributed by atoms with Crippen LogP contribution in [0.3, 0.4) is 0 Å². The molecule has 0 saturated heterocycles. The molecule has 22 heavy (non-hydrogen) atoms. The monoisotopic (exact) mass is 293 g/mol. The van der Waals surface area contributed by atoms with E-state index in [1.54, 1.807) is 12.1 Å². The molecule has 0 bridgehead atoms. The van der Waals surface area contributed by atoms with Gasteiger partial charge in [-0.1, -0.05) is 48.5 Å². The van der Waals surface area contributed by atoms with Crippen molar-refractivity contribution in [1.82, 2.24) is 5.32 Å². The second-order valence-electron chi connectivity index (χ2n) is 5.29. The Balaban J connectivity index is 1.59. The number of rotatable bonds is 5. The van der Waals surface area contributed by atoms with E-state index < -0.39 is 0 Å². The molecule has 1 aliphatic rings. The highest BCUT2D eigenvalue weighted by atomic mass is 16.5. The highest BCUT2D eigenvalue weighted by molar-refractivity contribution is 5.97. The molecule has 0 aliphatic carbocycles. The number of carbonyl (C=O) groups is 1. The fourth-order valence-corrected chi connectivity index (χ4v) is 2.51. The Labute approximate surface area is 130 Å². The minimum absolute atomic E-state index is 0.00857. The van der Waals surface area contributed by atoms with Gasteiger partial charge >= 0.3 is 0 Å². The standard InChI is InChI=1S/C19H19NO2/c21-19(17-4-2-1-3-5-17)14-22-18-8-6-15(7-9-18)16-10-12-20-13-11-16/h1-10,20H,11-14H2. The van der Waals surface area contributed by atoms with E-state index in [2.05, 4.69) is 23.5 Å². The summed E-state index contributed by atoms with van der Waals surface area (Å²) in [6.07, 6.45) is 3.27. The summed E-state index contributed by atoms with van der Waals surface area (Å²) in [5.41, 5.74) is 3.27.